The van der Waals surface area contributed by atoms with E-state index < -0.39 is 17.7 Å². The molecule has 2 aromatic rings. The minimum absolute atomic E-state index is 0.0502. The summed E-state index contributed by atoms with van der Waals surface area (Å²) in [5.41, 5.74) is 1.13. The summed E-state index contributed by atoms with van der Waals surface area (Å²) >= 11 is 9.67. The van der Waals surface area contributed by atoms with Gasteiger partial charge in [-0.1, -0.05) is 39.7 Å². The second-order valence-corrected chi connectivity index (χ2v) is 8.88. The number of carbonyl (C=O) groups is 2. The van der Waals surface area contributed by atoms with Gasteiger partial charge in [-0.25, -0.2) is 0 Å². The van der Waals surface area contributed by atoms with E-state index in [1.54, 1.807) is 12.1 Å². The molecule has 0 spiro atoms. The number of amides is 1. The molecule has 8 heteroatoms. The molecule has 1 amide bonds. The number of hydrogen-bond acceptors (Lipinski definition) is 5. The molecule has 0 bridgehead atoms. The van der Waals surface area contributed by atoms with Crippen LogP contribution >= 0.6 is 27.5 Å². The molecule has 1 heterocycles. The monoisotopic (exact) mass is 506 g/mol. The molecular formula is C23H24BrClN2O4. The van der Waals surface area contributed by atoms with Crippen molar-refractivity contribution < 1.29 is 19.4 Å². The van der Waals surface area contributed by atoms with E-state index in [2.05, 4.69) is 15.9 Å². The van der Waals surface area contributed by atoms with Crippen molar-refractivity contribution in [3.8, 4) is 5.75 Å². The number of hydrogen-bond donors (Lipinski definition) is 1. The Kier molecular flexibility index (Phi) is 7.41. The van der Waals surface area contributed by atoms with E-state index in [1.165, 1.54) is 18.1 Å². The first-order valence-corrected chi connectivity index (χ1v) is 10.9. The maximum atomic E-state index is 13.0. The normalized spacial score (nSPS) is 18.1. The number of methoxy groups -OCH3 is 1. The highest BCUT2D eigenvalue weighted by Gasteiger charge is 2.45. The number of ketones is 1. The lowest BCUT2D eigenvalue weighted by Crippen LogP contribution is -2.32. The highest BCUT2D eigenvalue weighted by Crippen LogP contribution is 2.40. The highest BCUT2D eigenvalue weighted by atomic mass is 79.9. The van der Waals surface area contributed by atoms with E-state index in [-0.39, 0.29) is 11.3 Å². The van der Waals surface area contributed by atoms with Gasteiger partial charge in [0.1, 0.15) is 11.5 Å². The molecule has 1 atom stereocenters. The molecule has 1 aliphatic heterocycles. The zero-order chi connectivity index (χ0) is 22.7. The predicted octanol–water partition coefficient (Wildman–Crippen LogP) is 4.48. The summed E-state index contributed by atoms with van der Waals surface area (Å²) in [5, 5.41) is 11.4. The van der Waals surface area contributed by atoms with Gasteiger partial charge < -0.3 is 19.6 Å². The molecule has 6 nitrogen and oxygen atoms in total. The van der Waals surface area contributed by atoms with Gasteiger partial charge >= 0.3 is 0 Å². The number of carbonyl (C=O) groups excluding carboxylic acids is 2. The van der Waals surface area contributed by atoms with Gasteiger partial charge in [-0.15, -0.1) is 0 Å². The Morgan fingerprint density at radius 3 is 2.58 bits per heavy atom. The predicted molar refractivity (Wildman–Crippen MR) is 124 cm³/mol. The van der Waals surface area contributed by atoms with Crippen molar-refractivity contribution in [3.05, 3.63) is 68.7 Å². The number of ether oxygens (including phenoxy) is 1. The molecule has 31 heavy (non-hydrogen) atoms. The largest absolute Gasteiger partial charge is 0.507 e. The van der Waals surface area contributed by atoms with E-state index in [0.717, 1.165) is 16.6 Å². The summed E-state index contributed by atoms with van der Waals surface area (Å²) < 4.78 is 5.98. The number of rotatable bonds is 7. The van der Waals surface area contributed by atoms with Crippen LogP contribution in [0.5, 0.6) is 5.75 Å². The second-order valence-electron chi connectivity index (χ2n) is 7.55. The Morgan fingerprint density at radius 2 is 1.97 bits per heavy atom. The molecule has 2 aromatic carbocycles. The summed E-state index contributed by atoms with van der Waals surface area (Å²) in [4.78, 5) is 29.5. The van der Waals surface area contributed by atoms with Gasteiger partial charge in [-0.05, 0) is 63.0 Å². The van der Waals surface area contributed by atoms with Crippen molar-refractivity contribution in [1.82, 2.24) is 9.80 Å². The average Bonchev–Trinajstić information content (AvgIpc) is 2.98. The molecule has 1 N–H and O–H groups in total. The van der Waals surface area contributed by atoms with E-state index in [0.29, 0.717) is 29.3 Å². The summed E-state index contributed by atoms with van der Waals surface area (Å²) in [6.45, 7) is 1.16. The molecule has 0 aliphatic carbocycles. The number of Topliss-reactive ketones (excluding diaryl/α,β-unsaturated/α-hetero) is 1. The van der Waals surface area contributed by atoms with Crippen molar-refractivity contribution in [1.29, 1.82) is 0 Å². The van der Waals surface area contributed by atoms with Gasteiger partial charge in [0.2, 0.25) is 0 Å². The van der Waals surface area contributed by atoms with Crippen molar-refractivity contribution in [2.45, 2.75) is 12.5 Å². The van der Waals surface area contributed by atoms with E-state index in [1.807, 2.05) is 43.3 Å². The maximum absolute atomic E-state index is 13.0. The van der Waals surface area contributed by atoms with E-state index in [4.69, 9.17) is 16.3 Å². The van der Waals surface area contributed by atoms with Gasteiger partial charge in [0.25, 0.3) is 11.7 Å². The first-order valence-electron chi connectivity index (χ1n) is 9.77. The lowest BCUT2D eigenvalue weighted by atomic mass is 9.95. The summed E-state index contributed by atoms with van der Waals surface area (Å²) in [7, 11) is 5.40. The number of benzene rings is 2. The van der Waals surface area contributed by atoms with Crippen LogP contribution in [0, 0.1) is 0 Å². The SMILES string of the molecule is COc1ccc(/C(O)=C2/C(=O)C(=O)N(CCCN(C)C)C2c2cccc(Br)c2)cc1Cl. The third kappa shape index (κ3) is 4.95. The van der Waals surface area contributed by atoms with E-state index >= 15 is 0 Å². The number of likely N-dealkylation sites (tertiary alicyclic amines) is 1. The highest BCUT2D eigenvalue weighted by molar-refractivity contribution is 9.10. The van der Waals surface area contributed by atoms with Gasteiger partial charge in [-0.3, -0.25) is 9.59 Å². The quantitative estimate of drug-likeness (QED) is 0.340. The Balaban J connectivity index is 2.11. The van der Waals surface area contributed by atoms with Crippen LogP contribution in [0.1, 0.15) is 23.6 Å². The van der Waals surface area contributed by atoms with Crippen LogP contribution in [0.3, 0.4) is 0 Å². The Hall–Kier alpha value is -2.35. The smallest absolute Gasteiger partial charge is 0.295 e. The molecule has 1 aliphatic rings. The molecule has 1 saturated heterocycles. The number of aliphatic hydroxyl groups is 1. The first kappa shape index (κ1) is 23.3. The lowest BCUT2D eigenvalue weighted by Gasteiger charge is -2.26. The maximum Gasteiger partial charge on any atom is 0.295 e. The van der Waals surface area contributed by atoms with Gasteiger partial charge in [-0.2, -0.15) is 0 Å². The molecule has 0 radical (unpaired) electrons. The number of aliphatic hydroxyl groups excluding tert-OH is 1. The van der Waals surface area contributed by atoms with E-state index in [9.17, 15) is 14.7 Å². The Labute approximate surface area is 195 Å². The topological polar surface area (TPSA) is 70.1 Å². The average molecular weight is 508 g/mol. The van der Waals surface area contributed by atoms with Crippen LogP contribution in [-0.2, 0) is 9.59 Å². The first-order chi connectivity index (χ1) is 14.7. The number of halogens is 2. The molecule has 1 fully saturated rings. The minimum atomic E-state index is -0.709. The molecule has 1 unspecified atom stereocenters. The lowest BCUT2D eigenvalue weighted by molar-refractivity contribution is -0.139. The minimum Gasteiger partial charge on any atom is -0.507 e. The molecule has 164 valence electrons. The third-order valence-corrected chi connectivity index (χ3v) is 5.92. The number of nitrogens with zero attached hydrogens (tertiary/aromatic N) is 2. The fraction of sp³-hybridized carbons (Fsp3) is 0.304. The summed E-state index contributed by atoms with van der Waals surface area (Å²) in [6, 6.07) is 11.4. The zero-order valence-corrected chi connectivity index (χ0v) is 19.9. The molecular weight excluding hydrogens is 484 g/mol. The Morgan fingerprint density at radius 1 is 1.23 bits per heavy atom. The van der Waals surface area contributed by atoms with Crippen LogP contribution in [-0.4, -0.2) is 60.9 Å². The fourth-order valence-corrected chi connectivity index (χ4v) is 4.33. The van der Waals surface area contributed by atoms with Crippen LogP contribution in [0.4, 0.5) is 0 Å². The third-order valence-electron chi connectivity index (χ3n) is 5.13. The van der Waals surface area contributed by atoms with Crippen LogP contribution < -0.4 is 4.74 Å². The standard InChI is InChI=1S/C23H24BrClN2O4/c1-26(2)10-5-11-27-20(14-6-4-7-16(24)12-14)19(22(29)23(27)30)21(28)15-8-9-18(31-3)17(25)13-15/h4,6-9,12-13,20,28H,5,10-11H2,1-3H3/b21-19-. The van der Waals surface area contributed by atoms with Crippen molar-refractivity contribution in [2.24, 2.45) is 0 Å². The second kappa shape index (κ2) is 9.85. The molecule has 0 saturated carbocycles. The van der Waals surface area contributed by atoms with Gasteiger partial charge in [0, 0.05) is 16.6 Å². The van der Waals surface area contributed by atoms with Crippen molar-refractivity contribution >= 4 is 45.0 Å². The fourth-order valence-electron chi connectivity index (χ4n) is 3.66. The van der Waals surface area contributed by atoms with Crippen LogP contribution in [0.15, 0.2) is 52.5 Å². The van der Waals surface area contributed by atoms with Crippen LogP contribution in [0.2, 0.25) is 5.02 Å². The van der Waals surface area contributed by atoms with Gasteiger partial charge in [0.15, 0.2) is 0 Å². The zero-order valence-electron chi connectivity index (χ0n) is 17.6. The van der Waals surface area contributed by atoms with Crippen LogP contribution in [0.25, 0.3) is 5.76 Å². The van der Waals surface area contributed by atoms with Crippen molar-refractivity contribution in [3.63, 3.8) is 0 Å². The van der Waals surface area contributed by atoms with Gasteiger partial charge in [0.05, 0.1) is 23.7 Å². The molecule has 3 rings (SSSR count). The Bertz CT molecular complexity index is 1040. The van der Waals surface area contributed by atoms with Crippen molar-refractivity contribution in [2.75, 3.05) is 34.3 Å². The summed E-state index contributed by atoms with van der Waals surface area (Å²) in [6.07, 6.45) is 0.693. The molecule has 0 aromatic heterocycles. The summed E-state index contributed by atoms with van der Waals surface area (Å²) in [5.74, 6) is -1.14.